The van der Waals surface area contributed by atoms with Crippen molar-refractivity contribution in [3.63, 3.8) is 0 Å². The van der Waals surface area contributed by atoms with Crippen molar-refractivity contribution in [2.45, 2.75) is 0 Å². The van der Waals surface area contributed by atoms with Crippen LogP contribution in [-0.4, -0.2) is 0 Å². The van der Waals surface area contributed by atoms with Crippen LogP contribution in [0.25, 0.3) is 33.4 Å². The minimum Gasteiger partial charge on any atom is -0.147 e. The van der Waals surface area contributed by atoms with Crippen LogP contribution < -0.4 is 15.9 Å². The average Bonchev–Trinajstić information content (AvgIpc) is 2.99. The molecular formula is C36H35Cl2P3. The predicted molar refractivity (Wildman–Crippen MR) is 198 cm³/mol. The van der Waals surface area contributed by atoms with Gasteiger partial charge in [0, 0.05) is 0 Å². The first-order valence-electron chi connectivity index (χ1n) is 12.8. The Morgan fingerprint density at radius 2 is 0.463 bits per heavy atom. The second-order valence-corrected chi connectivity index (χ2v) is 11.0. The van der Waals surface area contributed by atoms with E-state index in [0.29, 0.717) is 0 Å². The van der Waals surface area contributed by atoms with Crippen LogP contribution in [0.2, 0.25) is 0 Å². The Balaban J connectivity index is 0.000000210. The zero-order chi connectivity index (χ0) is 27.3. The largest absolute Gasteiger partial charge is 0.147 e. The van der Waals surface area contributed by atoms with Crippen LogP contribution in [-0.2, 0) is 0 Å². The Bertz CT molecular complexity index is 1380. The van der Waals surface area contributed by atoms with Crippen molar-refractivity contribution in [3.8, 4) is 33.4 Å². The monoisotopic (exact) mass is 630 g/mol. The third-order valence-electron chi connectivity index (χ3n) is 5.98. The lowest BCUT2D eigenvalue weighted by molar-refractivity contribution is 1.64. The van der Waals surface area contributed by atoms with E-state index >= 15 is 0 Å². The fraction of sp³-hybridized carbons (Fsp3) is 0. The molecule has 0 N–H and O–H groups in total. The van der Waals surface area contributed by atoms with E-state index in [9.17, 15) is 0 Å². The molecule has 0 amide bonds. The third kappa shape index (κ3) is 11.5. The van der Waals surface area contributed by atoms with Crippen LogP contribution in [0.3, 0.4) is 0 Å². The third-order valence-corrected chi connectivity index (χ3v) is 7.06. The fourth-order valence-electron chi connectivity index (χ4n) is 4.05. The molecule has 0 nitrogen and oxygen atoms in total. The number of hydrogen-bond acceptors (Lipinski definition) is 0. The summed E-state index contributed by atoms with van der Waals surface area (Å²) in [5.41, 5.74) is 7.62. The SMILES string of the molecule is Cl.Cl.Pc1cccc(-c2ccccc2)c1.Pc1cccc(-c2ccccc2)c1.Pc1cccc(-c2ccccc2)c1. The summed E-state index contributed by atoms with van der Waals surface area (Å²) < 4.78 is 0. The molecule has 5 heteroatoms. The average molecular weight is 632 g/mol. The number of benzene rings is 6. The van der Waals surface area contributed by atoms with Crippen molar-refractivity contribution >= 4 is 68.4 Å². The molecule has 0 saturated heterocycles. The molecule has 0 saturated carbocycles. The second-order valence-electron chi connectivity index (χ2n) is 8.97. The molecule has 0 heterocycles. The molecule has 0 bridgehead atoms. The van der Waals surface area contributed by atoms with Crippen molar-refractivity contribution in [3.05, 3.63) is 164 Å². The molecule has 0 radical (unpaired) electrons. The molecule has 3 atom stereocenters. The van der Waals surface area contributed by atoms with Gasteiger partial charge >= 0.3 is 0 Å². The second kappa shape index (κ2) is 18.6. The topological polar surface area (TPSA) is 0 Å². The maximum Gasteiger partial charge on any atom is -0.0178 e. The van der Waals surface area contributed by atoms with Gasteiger partial charge in [-0.3, -0.25) is 0 Å². The molecule has 6 aromatic carbocycles. The first-order valence-corrected chi connectivity index (χ1v) is 14.5. The molecule has 0 spiro atoms. The smallest absolute Gasteiger partial charge is 0.0178 e. The number of rotatable bonds is 3. The first-order chi connectivity index (χ1) is 19.1. The van der Waals surface area contributed by atoms with E-state index in [1.807, 2.05) is 18.2 Å². The molecule has 0 fully saturated rings. The van der Waals surface area contributed by atoms with Crippen molar-refractivity contribution < 1.29 is 0 Å². The van der Waals surface area contributed by atoms with Gasteiger partial charge in [0.25, 0.3) is 0 Å². The summed E-state index contributed by atoms with van der Waals surface area (Å²) in [7, 11) is 8.14. The number of halogens is 2. The zero-order valence-corrected chi connectivity index (χ0v) is 27.7. The summed E-state index contributed by atoms with van der Waals surface area (Å²) in [5.74, 6) is 0. The molecule has 41 heavy (non-hydrogen) atoms. The molecule has 3 unspecified atom stereocenters. The van der Waals surface area contributed by atoms with Crippen LogP contribution in [0.15, 0.2) is 164 Å². The molecule has 6 aromatic rings. The Kier molecular flexibility index (Phi) is 15.6. The van der Waals surface area contributed by atoms with Gasteiger partial charge in [0.1, 0.15) is 0 Å². The van der Waals surface area contributed by atoms with Crippen molar-refractivity contribution in [2.24, 2.45) is 0 Å². The van der Waals surface area contributed by atoms with Crippen molar-refractivity contribution in [1.82, 2.24) is 0 Å². The van der Waals surface area contributed by atoms with Gasteiger partial charge in [-0.1, -0.05) is 146 Å². The lowest BCUT2D eigenvalue weighted by Crippen LogP contribution is -1.88. The van der Waals surface area contributed by atoms with E-state index in [-0.39, 0.29) is 24.8 Å². The van der Waals surface area contributed by atoms with Crippen LogP contribution in [0.5, 0.6) is 0 Å². The normalized spacial score (nSPS) is 9.44. The van der Waals surface area contributed by atoms with Gasteiger partial charge in [0.15, 0.2) is 0 Å². The lowest BCUT2D eigenvalue weighted by atomic mass is 10.1. The first kappa shape index (κ1) is 34.4. The summed E-state index contributed by atoms with van der Waals surface area (Å²) in [6, 6.07) is 56.6. The molecule has 0 aliphatic rings. The quantitative estimate of drug-likeness (QED) is 0.171. The summed E-state index contributed by atoms with van der Waals surface area (Å²) in [6.45, 7) is 0. The van der Waals surface area contributed by atoms with Gasteiger partial charge < -0.3 is 0 Å². The number of hydrogen-bond donors (Lipinski definition) is 0. The van der Waals surface area contributed by atoms with E-state index in [4.69, 9.17) is 0 Å². The van der Waals surface area contributed by atoms with Gasteiger partial charge in [-0.05, 0) is 67.5 Å². The highest BCUT2D eigenvalue weighted by Gasteiger charge is 1.96. The van der Waals surface area contributed by atoms with E-state index in [1.165, 1.54) is 49.3 Å². The summed E-state index contributed by atoms with van der Waals surface area (Å²) in [6.07, 6.45) is 0. The lowest BCUT2D eigenvalue weighted by Gasteiger charge is -2.01. The van der Waals surface area contributed by atoms with Crippen LogP contribution >= 0.6 is 52.5 Å². The predicted octanol–water partition coefficient (Wildman–Crippen LogP) is 9.41. The van der Waals surface area contributed by atoms with E-state index in [2.05, 4.69) is 173 Å². The molecular weight excluding hydrogens is 596 g/mol. The van der Waals surface area contributed by atoms with E-state index < -0.39 is 0 Å². The van der Waals surface area contributed by atoms with Gasteiger partial charge in [-0.15, -0.1) is 52.5 Å². The van der Waals surface area contributed by atoms with Crippen molar-refractivity contribution in [1.29, 1.82) is 0 Å². The molecule has 0 aliphatic carbocycles. The van der Waals surface area contributed by atoms with Crippen LogP contribution in [0, 0.1) is 0 Å². The fourth-order valence-corrected chi connectivity index (χ4v) is 4.92. The van der Waals surface area contributed by atoms with Crippen LogP contribution in [0.4, 0.5) is 0 Å². The highest BCUT2D eigenvalue weighted by atomic mass is 35.5. The Morgan fingerprint density at radius 1 is 0.244 bits per heavy atom. The van der Waals surface area contributed by atoms with Gasteiger partial charge in [-0.2, -0.15) is 0 Å². The molecule has 0 aliphatic heterocycles. The van der Waals surface area contributed by atoms with Crippen molar-refractivity contribution in [2.75, 3.05) is 0 Å². The molecule has 6 rings (SSSR count). The standard InChI is InChI=1S/3C12H11P.2ClH/c3*13-12-8-4-7-11(9-12)10-5-2-1-3-6-10;;/h3*1-9H,13H2;2*1H. The summed E-state index contributed by atoms with van der Waals surface area (Å²) in [5, 5.41) is 3.67. The van der Waals surface area contributed by atoms with Gasteiger partial charge in [0.05, 0.1) is 0 Å². The van der Waals surface area contributed by atoms with E-state index in [0.717, 1.165) is 0 Å². The molecule has 208 valence electrons. The van der Waals surface area contributed by atoms with E-state index in [1.54, 1.807) is 0 Å². The van der Waals surface area contributed by atoms with Gasteiger partial charge in [-0.25, -0.2) is 0 Å². The maximum absolute atomic E-state index is 2.71. The summed E-state index contributed by atoms with van der Waals surface area (Å²) >= 11 is 0. The zero-order valence-electron chi connectivity index (χ0n) is 22.6. The Morgan fingerprint density at radius 3 is 0.683 bits per heavy atom. The Hall–Kier alpha value is -2.81. The summed E-state index contributed by atoms with van der Waals surface area (Å²) in [4.78, 5) is 0. The highest BCUT2D eigenvalue weighted by Crippen LogP contribution is 2.19. The van der Waals surface area contributed by atoms with Crippen LogP contribution in [0.1, 0.15) is 0 Å². The molecule has 0 aromatic heterocycles. The van der Waals surface area contributed by atoms with Gasteiger partial charge in [0.2, 0.25) is 0 Å². The minimum atomic E-state index is 0. The minimum absolute atomic E-state index is 0. The highest BCUT2D eigenvalue weighted by molar-refractivity contribution is 7.27. The maximum atomic E-state index is 2.71. The Labute approximate surface area is 264 Å².